The van der Waals surface area contributed by atoms with Crippen LogP contribution in [0.3, 0.4) is 0 Å². The lowest BCUT2D eigenvalue weighted by Gasteiger charge is -2.16. The number of imide groups is 1. The summed E-state index contributed by atoms with van der Waals surface area (Å²) in [6.07, 6.45) is 0. The molecule has 0 aromatic heterocycles. The first-order valence-corrected chi connectivity index (χ1v) is 9.77. The average Bonchev–Trinajstić information content (AvgIpc) is 2.99. The van der Waals surface area contributed by atoms with E-state index in [1.54, 1.807) is 12.1 Å². The molecule has 0 aliphatic carbocycles. The molecule has 3 aromatic rings. The number of halogens is 1. The van der Waals surface area contributed by atoms with Crippen molar-refractivity contribution in [2.24, 2.45) is 0 Å². The summed E-state index contributed by atoms with van der Waals surface area (Å²) in [5.74, 6) is -1.74. The molecule has 8 heteroatoms. The minimum Gasteiger partial charge on any atom is -0.350 e. The minimum absolute atomic E-state index is 0.0331. The first-order valence-electron chi connectivity index (χ1n) is 9.77. The van der Waals surface area contributed by atoms with Crippen molar-refractivity contribution in [1.29, 1.82) is 0 Å². The van der Waals surface area contributed by atoms with Gasteiger partial charge in [0.05, 0.1) is 17.0 Å². The van der Waals surface area contributed by atoms with Crippen molar-refractivity contribution in [3.63, 3.8) is 0 Å². The molecule has 0 atom stereocenters. The maximum absolute atomic E-state index is 14.2. The molecule has 0 spiro atoms. The van der Waals surface area contributed by atoms with Crippen molar-refractivity contribution in [3.05, 3.63) is 111 Å². The molecule has 2 amide bonds. The number of nitrogens with one attached hydrogen (secondary N) is 1. The number of anilines is 1. The lowest BCUT2D eigenvalue weighted by molar-refractivity contribution is -0.384. The van der Waals surface area contributed by atoms with Gasteiger partial charge in [0.1, 0.15) is 11.5 Å². The van der Waals surface area contributed by atoms with Crippen LogP contribution in [0.15, 0.2) is 78.5 Å². The molecule has 0 unspecified atom stereocenters. The third-order valence-corrected chi connectivity index (χ3v) is 5.11. The molecule has 0 saturated heterocycles. The zero-order valence-electron chi connectivity index (χ0n) is 17.0. The normalized spacial score (nSPS) is 13.6. The molecule has 0 saturated carbocycles. The molecular formula is C24H18FN3O4. The van der Waals surface area contributed by atoms with Crippen LogP contribution < -0.4 is 5.32 Å². The summed E-state index contributed by atoms with van der Waals surface area (Å²) >= 11 is 0. The SMILES string of the molecule is Cc1cccc(NC2=C(c3ccc([N+](=O)[O-])cc3)C(=O)N(Cc3ccccc3F)C2=O)c1. The quantitative estimate of drug-likeness (QED) is 0.354. The molecule has 3 aromatic carbocycles. The van der Waals surface area contributed by atoms with Crippen LogP contribution in [-0.2, 0) is 16.1 Å². The highest BCUT2D eigenvalue weighted by molar-refractivity contribution is 6.36. The first kappa shape index (κ1) is 20.9. The number of hydrogen-bond acceptors (Lipinski definition) is 5. The lowest BCUT2D eigenvalue weighted by atomic mass is 10.0. The molecule has 1 aliphatic rings. The number of hydrogen-bond donors (Lipinski definition) is 1. The van der Waals surface area contributed by atoms with E-state index >= 15 is 0 Å². The second kappa shape index (κ2) is 8.43. The number of aryl methyl sites for hydroxylation is 1. The van der Waals surface area contributed by atoms with E-state index in [1.165, 1.54) is 42.5 Å². The van der Waals surface area contributed by atoms with Crippen molar-refractivity contribution in [2.45, 2.75) is 13.5 Å². The van der Waals surface area contributed by atoms with Gasteiger partial charge in [0.15, 0.2) is 0 Å². The molecule has 4 rings (SSSR count). The Hall–Kier alpha value is -4.33. The fourth-order valence-corrected chi connectivity index (χ4v) is 3.52. The maximum atomic E-state index is 14.2. The molecule has 1 N–H and O–H groups in total. The Balaban J connectivity index is 1.76. The summed E-state index contributed by atoms with van der Waals surface area (Å²) in [6, 6.07) is 18.6. The number of nitro benzene ring substituents is 1. The third kappa shape index (κ3) is 3.98. The van der Waals surface area contributed by atoms with E-state index in [9.17, 15) is 24.1 Å². The zero-order chi connectivity index (χ0) is 22.8. The van der Waals surface area contributed by atoms with Crippen LogP contribution in [0.1, 0.15) is 16.7 Å². The van der Waals surface area contributed by atoms with E-state index in [-0.39, 0.29) is 29.1 Å². The Kier molecular flexibility index (Phi) is 5.51. The molecule has 0 bridgehead atoms. The van der Waals surface area contributed by atoms with Crippen LogP contribution in [0.25, 0.3) is 5.57 Å². The smallest absolute Gasteiger partial charge is 0.278 e. The Morgan fingerprint density at radius 1 is 0.969 bits per heavy atom. The molecule has 0 radical (unpaired) electrons. The summed E-state index contributed by atoms with van der Waals surface area (Å²) in [6.45, 7) is 1.66. The van der Waals surface area contributed by atoms with Gasteiger partial charge in [-0.05, 0) is 48.4 Å². The van der Waals surface area contributed by atoms with Gasteiger partial charge >= 0.3 is 0 Å². The van der Waals surface area contributed by atoms with Crippen molar-refractivity contribution in [2.75, 3.05) is 5.32 Å². The van der Waals surface area contributed by atoms with Crippen molar-refractivity contribution in [1.82, 2.24) is 4.90 Å². The van der Waals surface area contributed by atoms with E-state index in [0.29, 0.717) is 11.3 Å². The van der Waals surface area contributed by atoms with Gasteiger partial charge in [-0.15, -0.1) is 0 Å². The number of rotatable bonds is 6. The summed E-state index contributed by atoms with van der Waals surface area (Å²) in [5.41, 5.74) is 2.08. The van der Waals surface area contributed by atoms with Gasteiger partial charge in [0.25, 0.3) is 17.5 Å². The number of nitro groups is 1. The zero-order valence-corrected chi connectivity index (χ0v) is 17.0. The number of nitrogens with zero attached hydrogens (tertiary/aromatic N) is 2. The summed E-state index contributed by atoms with van der Waals surface area (Å²) < 4.78 is 14.2. The fourth-order valence-electron chi connectivity index (χ4n) is 3.52. The molecular weight excluding hydrogens is 413 g/mol. The molecule has 0 fully saturated rings. The Morgan fingerprint density at radius 3 is 2.34 bits per heavy atom. The second-order valence-electron chi connectivity index (χ2n) is 7.34. The van der Waals surface area contributed by atoms with Gasteiger partial charge in [-0.3, -0.25) is 24.6 Å². The van der Waals surface area contributed by atoms with Gasteiger partial charge < -0.3 is 5.32 Å². The third-order valence-electron chi connectivity index (χ3n) is 5.11. The van der Waals surface area contributed by atoms with Crippen LogP contribution in [0.4, 0.5) is 15.8 Å². The van der Waals surface area contributed by atoms with Gasteiger partial charge in [-0.1, -0.05) is 30.3 Å². The average molecular weight is 431 g/mol. The van der Waals surface area contributed by atoms with Crippen LogP contribution >= 0.6 is 0 Å². The number of amides is 2. The molecule has 7 nitrogen and oxygen atoms in total. The number of carbonyl (C=O) groups is 2. The Labute approximate surface area is 182 Å². The summed E-state index contributed by atoms with van der Waals surface area (Å²) in [4.78, 5) is 37.9. The van der Waals surface area contributed by atoms with Gasteiger partial charge in [0, 0.05) is 23.4 Å². The molecule has 32 heavy (non-hydrogen) atoms. The first-order chi connectivity index (χ1) is 15.3. The summed E-state index contributed by atoms with van der Waals surface area (Å²) in [7, 11) is 0. The second-order valence-corrected chi connectivity index (χ2v) is 7.34. The van der Waals surface area contributed by atoms with Crippen molar-refractivity contribution >= 4 is 28.8 Å². The van der Waals surface area contributed by atoms with E-state index < -0.39 is 22.6 Å². The van der Waals surface area contributed by atoms with E-state index in [4.69, 9.17) is 0 Å². The highest BCUT2D eigenvalue weighted by Crippen LogP contribution is 2.32. The molecule has 1 heterocycles. The van der Waals surface area contributed by atoms with E-state index in [2.05, 4.69) is 5.32 Å². The van der Waals surface area contributed by atoms with Gasteiger partial charge in [0.2, 0.25) is 0 Å². The number of non-ortho nitro benzene ring substituents is 1. The highest BCUT2D eigenvalue weighted by atomic mass is 19.1. The highest BCUT2D eigenvalue weighted by Gasteiger charge is 2.39. The van der Waals surface area contributed by atoms with E-state index in [1.807, 2.05) is 25.1 Å². The van der Waals surface area contributed by atoms with Crippen LogP contribution in [-0.4, -0.2) is 21.6 Å². The minimum atomic E-state index is -0.609. The largest absolute Gasteiger partial charge is 0.350 e. The fraction of sp³-hybridized carbons (Fsp3) is 0.0833. The number of carbonyl (C=O) groups excluding carboxylic acids is 2. The van der Waals surface area contributed by atoms with Gasteiger partial charge in [-0.25, -0.2) is 4.39 Å². The summed E-state index contributed by atoms with van der Waals surface area (Å²) in [5, 5.41) is 14.0. The van der Waals surface area contributed by atoms with Crippen molar-refractivity contribution < 1.29 is 18.9 Å². The monoisotopic (exact) mass is 431 g/mol. The standard InChI is InChI=1S/C24H18FN3O4/c1-15-5-4-7-18(13-15)26-22-21(16-9-11-19(12-10-16)28(31)32)23(29)27(24(22)30)14-17-6-2-3-8-20(17)25/h2-13,26H,14H2,1H3. The van der Waals surface area contributed by atoms with Crippen LogP contribution in [0, 0.1) is 22.9 Å². The maximum Gasteiger partial charge on any atom is 0.278 e. The molecule has 160 valence electrons. The van der Waals surface area contributed by atoms with Crippen LogP contribution in [0.5, 0.6) is 0 Å². The Bertz CT molecular complexity index is 1270. The Morgan fingerprint density at radius 2 is 1.69 bits per heavy atom. The number of benzene rings is 3. The van der Waals surface area contributed by atoms with Crippen LogP contribution in [0.2, 0.25) is 0 Å². The van der Waals surface area contributed by atoms with Crippen molar-refractivity contribution in [3.8, 4) is 0 Å². The van der Waals surface area contributed by atoms with Gasteiger partial charge in [-0.2, -0.15) is 0 Å². The predicted molar refractivity (Wildman–Crippen MR) is 117 cm³/mol. The predicted octanol–water partition coefficient (Wildman–Crippen LogP) is 4.43. The topological polar surface area (TPSA) is 92.6 Å². The van der Waals surface area contributed by atoms with E-state index in [0.717, 1.165) is 10.5 Å². The lowest BCUT2D eigenvalue weighted by Crippen LogP contribution is -2.32. The molecule has 1 aliphatic heterocycles.